The molecule has 0 aliphatic carbocycles. The van der Waals surface area contributed by atoms with E-state index in [2.05, 4.69) is 11.4 Å². The Labute approximate surface area is 180 Å². The minimum atomic E-state index is -0.609. The van der Waals surface area contributed by atoms with E-state index in [-0.39, 0.29) is 11.7 Å². The molecule has 2 heterocycles. The van der Waals surface area contributed by atoms with Gasteiger partial charge in [-0.2, -0.15) is 5.26 Å². The second-order valence-electron chi connectivity index (χ2n) is 7.91. The van der Waals surface area contributed by atoms with Crippen LogP contribution in [-0.2, 0) is 23.0 Å². The molecule has 1 unspecified atom stereocenters. The van der Waals surface area contributed by atoms with Crippen molar-refractivity contribution < 1.29 is 13.9 Å². The fraction of sp³-hybridized carbons (Fsp3) is 0.375. The second-order valence-corrected chi connectivity index (χ2v) is 7.91. The van der Waals surface area contributed by atoms with Crippen molar-refractivity contribution in [3.63, 3.8) is 0 Å². The van der Waals surface area contributed by atoms with Crippen molar-refractivity contribution in [2.45, 2.75) is 44.2 Å². The fourth-order valence-corrected chi connectivity index (χ4v) is 3.89. The number of oxazole rings is 1. The molecule has 0 bridgehead atoms. The summed E-state index contributed by atoms with van der Waals surface area (Å²) < 4.78 is 12.3. The lowest BCUT2D eigenvalue weighted by Crippen LogP contribution is -2.42. The molecular weight excluding hydrogens is 394 g/mol. The molecule has 3 aromatic rings. The average Bonchev–Trinajstić information content (AvgIpc) is 2.96. The van der Waals surface area contributed by atoms with Gasteiger partial charge < -0.3 is 14.5 Å². The molecule has 1 saturated heterocycles. The molecule has 2 aromatic carbocycles. The number of hydrogen-bond acceptors (Lipinski definition) is 5. The van der Waals surface area contributed by atoms with Crippen LogP contribution in [0, 0.1) is 11.3 Å². The fourth-order valence-electron chi connectivity index (χ4n) is 3.89. The monoisotopic (exact) mass is 419 g/mol. The highest BCUT2D eigenvalue weighted by Crippen LogP contribution is 2.24. The van der Waals surface area contributed by atoms with Crippen molar-refractivity contribution >= 4 is 17.0 Å². The lowest BCUT2D eigenvalue weighted by Gasteiger charge is -2.18. The van der Waals surface area contributed by atoms with Gasteiger partial charge >= 0.3 is 5.76 Å². The van der Waals surface area contributed by atoms with Gasteiger partial charge in [-0.05, 0) is 41.7 Å². The van der Waals surface area contributed by atoms with E-state index in [0.29, 0.717) is 25.0 Å². The third-order valence-electron chi connectivity index (χ3n) is 5.71. The van der Waals surface area contributed by atoms with Crippen LogP contribution in [0.25, 0.3) is 22.2 Å². The number of fused-ring (bicyclic) bond motifs is 1. The van der Waals surface area contributed by atoms with E-state index in [9.17, 15) is 14.9 Å². The third-order valence-corrected chi connectivity index (χ3v) is 5.71. The van der Waals surface area contributed by atoms with Crippen molar-refractivity contribution in [3.8, 4) is 17.2 Å². The molecule has 2 atom stereocenters. The standard InChI is InChI=1S/C24H25N3O4/c1-27-20-14-18(10-11-21(20)31-24(27)29)17-8-6-16(7-9-17)13-19(15-25)26-23(28)22-5-3-2-4-12-30-22/h6-11,14,19,22H,2-5,12-13H2,1H3,(H,26,28)/t19-,22?/m0/s1. The van der Waals surface area contributed by atoms with Crippen LogP contribution in [-0.4, -0.2) is 29.2 Å². The Morgan fingerprint density at radius 1 is 1.19 bits per heavy atom. The van der Waals surface area contributed by atoms with Gasteiger partial charge in [0.05, 0.1) is 11.6 Å². The van der Waals surface area contributed by atoms with Gasteiger partial charge in [0.2, 0.25) is 5.91 Å². The molecule has 7 nitrogen and oxygen atoms in total. The molecule has 1 N–H and O–H groups in total. The summed E-state index contributed by atoms with van der Waals surface area (Å²) in [4.78, 5) is 24.2. The predicted molar refractivity (Wildman–Crippen MR) is 116 cm³/mol. The summed E-state index contributed by atoms with van der Waals surface area (Å²) in [5, 5.41) is 12.3. The van der Waals surface area contributed by atoms with E-state index in [1.54, 1.807) is 13.1 Å². The van der Waals surface area contributed by atoms with E-state index in [1.807, 2.05) is 36.4 Å². The molecule has 1 aromatic heterocycles. The second kappa shape index (κ2) is 9.19. The smallest absolute Gasteiger partial charge is 0.408 e. The molecule has 4 rings (SSSR count). The molecule has 0 saturated carbocycles. The number of rotatable bonds is 5. The maximum Gasteiger partial charge on any atom is 0.419 e. The zero-order valence-corrected chi connectivity index (χ0v) is 17.5. The van der Waals surface area contributed by atoms with Gasteiger partial charge in [-0.15, -0.1) is 0 Å². The Hall–Kier alpha value is -3.37. The first kappa shape index (κ1) is 20.9. The molecule has 0 spiro atoms. The summed E-state index contributed by atoms with van der Waals surface area (Å²) in [6.07, 6.45) is 3.67. The van der Waals surface area contributed by atoms with E-state index < -0.39 is 12.1 Å². The van der Waals surface area contributed by atoms with E-state index in [1.165, 1.54) is 4.57 Å². The van der Waals surface area contributed by atoms with Crippen molar-refractivity contribution in [2.75, 3.05) is 6.61 Å². The van der Waals surface area contributed by atoms with Gasteiger partial charge in [-0.3, -0.25) is 9.36 Å². The van der Waals surface area contributed by atoms with E-state index in [4.69, 9.17) is 9.15 Å². The highest BCUT2D eigenvalue weighted by molar-refractivity contribution is 5.82. The van der Waals surface area contributed by atoms with Crippen molar-refractivity contribution in [3.05, 3.63) is 58.6 Å². The molecule has 0 radical (unpaired) electrons. The number of amides is 1. The number of hydrogen-bond donors (Lipinski definition) is 1. The van der Waals surface area contributed by atoms with E-state index >= 15 is 0 Å². The summed E-state index contributed by atoms with van der Waals surface area (Å²) in [6, 6.07) is 15.0. The Kier molecular flexibility index (Phi) is 6.19. The Morgan fingerprint density at radius 2 is 1.97 bits per heavy atom. The Morgan fingerprint density at radius 3 is 2.74 bits per heavy atom. The largest absolute Gasteiger partial charge is 0.419 e. The number of benzene rings is 2. The van der Waals surface area contributed by atoms with Crippen molar-refractivity contribution in [1.29, 1.82) is 5.26 Å². The highest BCUT2D eigenvalue weighted by atomic mass is 16.5. The lowest BCUT2D eigenvalue weighted by molar-refractivity contribution is -0.133. The van der Waals surface area contributed by atoms with Gasteiger partial charge in [0, 0.05) is 20.1 Å². The number of carbonyl (C=O) groups is 1. The normalized spacial score (nSPS) is 17.6. The van der Waals surface area contributed by atoms with Gasteiger partial charge in [-0.25, -0.2) is 4.79 Å². The third kappa shape index (κ3) is 4.70. The van der Waals surface area contributed by atoms with Gasteiger partial charge in [0.25, 0.3) is 0 Å². The van der Waals surface area contributed by atoms with Crippen LogP contribution >= 0.6 is 0 Å². The Bertz CT molecular complexity index is 1160. The first-order valence-corrected chi connectivity index (χ1v) is 10.6. The minimum absolute atomic E-state index is 0.205. The summed E-state index contributed by atoms with van der Waals surface area (Å²) in [6.45, 7) is 0.593. The zero-order valence-electron chi connectivity index (χ0n) is 17.5. The molecule has 1 aliphatic rings. The topological polar surface area (TPSA) is 97.3 Å². The molecule has 1 amide bonds. The molecular formula is C24H25N3O4. The van der Waals surface area contributed by atoms with Crippen LogP contribution in [0.3, 0.4) is 0 Å². The van der Waals surface area contributed by atoms with Crippen LogP contribution in [0.15, 0.2) is 51.7 Å². The van der Waals surface area contributed by atoms with Crippen LogP contribution in [0.4, 0.5) is 0 Å². The van der Waals surface area contributed by atoms with Gasteiger partial charge in [0.1, 0.15) is 12.1 Å². The SMILES string of the molecule is Cn1c(=O)oc2ccc(-c3ccc(C[C@@H](C#N)NC(=O)C4CCCCCO4)cc3)cc21. The van der Waals surface area contributed by atoms with Gasteiger partial charge in [0.15, 0.2) is 5.58 Å². The first-order chi connectivity index (χ1) is 15.0. The maximum absolute atomic E-state index is 12.5. The molecule has 7 heteroatoms. The maximum atomic E-state index is 12.5. The molecule has 31 heavy (non-hydrogen) atoms. The van der Waals surface area contributed by atoms with Crippen LogP contribution in [0.2, 0.25) is 0 Å². The number of nitrogens with zero attached hydrogens (tertiary/aromatic N) is 2. The van der Waals surface area contributed by atoms with Crippen LogP contribution in [0.5, 0.6) is 0 Å². The first-order valence-electron chi connectivity index (χ1n) is 10.6. The predicted octanol–water partition coefficient (Wildman–Crippen LogP) is 3.31. The van der Waals surface area contributed by atoms with Crippen molar-refractivity contribution in [1.82, 2.24) is 9.88 Å². The number of aryl methyl sites for hydroxylation is 1. The average molecular weight is 419 g/mol. The van der Waals surface area contributed by atoms with E-state index in [0.717, 1.165) is 41.5 Å². The van der Waals surface area contributed by atoms with Crippen molar-refractivity contribution in [2.24, 2.45) is 7.05 Å². The number of nitriles is 1. The summed E-state index contributed by atoms with van der Waals surface area (Å²) >= 11 is 0. The quantitative estimate of drug-likeness (QED) is 0.684. The van der Waals surface area contributed by atoms with Crippen LogP contribution in [0.1, 0.15) is 31.2 Å². The molecule has 1 aliphatic heterocycles. The summed E-state index contributed by atoms with van der Waals surface area (Å²) in [7, 11) is 1.68. The van der Waals surface area contributed by atoms with Gasteiger partial charge in [-0.1, -0.05) is 43.2 Å². The molecule has 160 valence electrons. The zero-order chi connectivity index (χ0) is 21.8. The minimum Gasteiger partial charge on any atom is -0.408 e. The Balaban J connectivity index is 1.43. The number of carbonyl (C=O) groups excluding carboxylic acids is 1. The summed E-state index contributed by atoms with van der Waals surface area (Å²) in [5.74, 6) is -0.592. The lowest BCUT2D eigenvalue weighted by atomic mass is 10.0. The number of nitrogens with one attached hydrogen (secondary N) is 1. The van der Waals surface area contributed by atoms with Crippen LogP contribution < -0.4 is 11.1 Å². The molecule has 1 fully saturated rings. The highest BCUT2D eigenvalue weighted by Gasteiger charge is 2.23. The number of aromatic nitrogens is 1. The number of ether oxygens (including phenoxy) is 1. The summed E-state index contributed by atoms with van der Waals surface area (Å²) in [5.41, 5.74) is 4.20.